The summed E-state index contributed by atoms with van der Waals surface area (Å²) in [5.74, 6) is -1.05. The van der Waals surface area contributed by atoms with Crippen LogP contribution in [0.15, 0.2) is 109 Å². The van der Waals surface area contributed by atoms with Crippen LogP contribution in [0.4, 0.5) is 0 Å². The zero-order valence-corrected chi connectivity index (χ0v) is 38.4. The van der Waals surface area contributed by atoms with Crippen LogP contribution < -0.4 is 0 Å². The van der Waals surface area contributed by atoms with E-state index < -0.39 is 6.10 Å². The van der Waals surface area contributed by atoms with Crippen molar-refractivity contribution in [2.24, 2.45) is 0 Å². The molecule has 6 heteroatoms. The van der Waals surface area contributed by atoms with Crippen LogP contribution in [0.2, 0.25) is 0 Å². The van der Waals surface area contributed by atoms with Gasteiger partial charge in [-0.15, -0.1) is 0 Å². The molecule has 60 heavy (non-hydrogen) atoms. The molecule has 0 fully saturated rings. The molecule has 0 radical (unpaired) electrons. The van der Waals surface area contributed by atoms with Gasteiger partial charge in [-0.2, -0.15) is 0 Å². The quantitative estimate of drug-likeness (QED) is 0.0201. The SMILES string of the molecule is CC\C=C/C=C\C=C/CCCCCCCC(=O)OC(COC(=O)CC/C=C\C/C=C\C/C=C\C/C=C\C/C=C\CC)COC(=O)CCCCC/C=C\CCCCCCCC. The maximum atomic E-state index is 12.7. The second-order valence-corrected chi connectivity index (χ2v) is 15.3. The molecule has 338 valence electrons. The first kappa shape index (κ1) is 56.1. The van der Waals surface area contributed by atoms with Gasteiger partial charge in [0.05, 0.1) is 0 Å². The zero-order valence-electron chi connectivity index (χ0n) is 38.4. The molecule has 0 saturated heterocycles. The molecule has 0 N–H and O–H groups in total. The topological polar surface area (TPSA) is 78.9 Å². The van der Waals surface area contributed by atoms with Crippen LogP contribution in [-0.2, 0) is 28.6 Å². The van der Waals surface area contributed by atoms with Crippen molar-refractivity contribution >= 4 is 17.9 Å². The first-order chi connectivity index (χ1) is 29.5. The van der Waals surface area contributed by atoms with Crippen molar-refractivity contribution in [2.75, 3.05) is 13.2 Å². The van der Waals surface area contributed by atoms with Gasteiger partial charge < -0.3 is 14.2 Å². The largest absolute Gasteiger partial charge is 0.462 e. The Morgan fingerprint density at radius 3 is 1.32 bits per heavy atom. The summed E-state index contributed by atoms with van der Waals surface area (Å²) in [6, 6.07) is 0. The monoisotopic (exact) mass is 831 g/mol. The average molecular weight is 831 g/mol. The molecule has 0 aliphatic heterocycles. The van der Waals surface area contributed by atoms with Crippen LogP contribution in [0.3, 0.4) is 0 Å². The molecule has 0 aromatic rings. The fourth-order valence-electron chi connectivity index (χ4n) is 6.01. The van der Waals surface area contributed by atoms with Gasteiger partial charge in [0.2, 0.25) is 0 Å². The van der Waals surface area contributed by atoms with Crippen molar-refractivity contribution in [1.29, 1.82) is 0 Å². The number of hydrogen-bond acceptors (Lipinski definition) is 6. The van der Waals surface area contributed by atoms with Gasteiger partial charge in [-0.05, 0) is 96.3 Å². The van der Waals surface area contributed by atoms with Gasteiger partial charge >= 0.3 is 17.9 Å². The molecule has 0 spiro atoms. The van der Waals surface area contributed by atoms with Crippen molar-refractivity contribution in [2.45, 2.75) is 200 Å². The van der Waals surface area contributed by atoms with Gasteiger partial charge in [0.15, 0.2) is 6.10 Å². The summed E-state index contributed by atoms with van der Waals surface area (Å²) in [7, 11) is 0. The van der Waals surface area contributed by atoms with E-state index in [2.05, 4.69) is 112 Å². The first-order valence-corrected chi connectivity index (χ1v) is 23.9. The van der Waals surface area contributed by atoms with Crippen molar-refractivity contribution < 1.29 is 28.6 Å². The summed E-state index contributed by atoms with van der Waals surface area (Å²) < 4.78 is 16.6. The molecule has 0 bridgehead atoms. The van der Waals surface area contributed by atoms with Crippen molar-refractivity contribution in [3.05, 3.63) is 109 Å². The molecule has 0 amide bonds. The average Bonchev–Trinajstić information content (AvgIpc) is 3.24. The molecule has 0 saturated carbocycles. The van der Waals surface area contributed by atoms with Gasteiger partial charge in [-0.3, -0.25) is 14.4 Å². The molecule has 0 aliphatic carbocycles. The lowest BCUT2D eigenvalue weighted by Gasteiger charge is -2.18. The highest BCUT2D eigenvalue weighted by molar-refractivity contribution is 5.71. The summed E-state index contributed by atoms with van der Waals surface area (Å²) in [6.07, 6.45) is 63.7. The minimum Gasteiger partial charge on any atom is -0.462 e. The molecule has 0 heterocycles. The van der Waals surface area contributed by atoms with Gasteiger partial charge in [0, 0.05) is 19.3 Å². The van der Waals surface area contributed by atoms with Gasteiger partial charge in [0.1, 0.15) is 13.2 Å². The van der Waals surface area contributed by atoms with E-state index in [1.54, 1.807) is 0 Å². The van der Waals surface area contributed by atoms with Crippen LogP contribution in [0.5, 0.6) is 0 Å². The van der Waals surface area contributed by atoms with Crippen LogP contribution in [-0.4, -0.2) is 37.2 Å². The molecular weight excluding hydrogens is 745 g/mol. The Hall–Kier alpha value is -3.93. The van der Waals surface area contributed by atoms with Crippen LogP contribution in [0.1, 0.15) is 194 Å². The maximum absolute atomic E-state index is 12.7. The number of allylic oxidation sites excluding steroid dienone is 18. The smallest absolute Gasteiger partial charge is 0.306 e. The Labute approximate surface area is 368 Å². The van der Waals surface area contributed by atoms with Crippen molar-refractivity contribution in [3.63, 3.8) is 0 Å². The number of carbonyl (C=O) groups excluding carboxylic acids is 3. The second kappa shape index (κ2) is 47.7. The summed E-state index contributed by atoms with van der Waals surface area (Å²) in [4.78, 5) is 37.8. The highest BCUT2D eigenvalue weighted by atomic mass is 16.6. The van der Waals surface area contributed by atoms with E-state index in [1.165, 1.54) is 38.5 Å². The highest BCUT2D eigenvalue weighted by Gasteiger charge is 2.19. The fraction of sp³-hybridized carbons (Fsp3) is 0.611. The molecule has 0 aromatic carbocycles. The van der Waals surface area contributed by atoms with E-state index in [0.29, 0.717) is 12.8 Å². The molecule has 1 unspecified atom stereocenters. The Morgan fingerprint density at radius 2 is 0.767 bits per heavy atom. The lowest BCUT2D eigenvalue weighted by molar-refractivity contribution is -0.166. The minimum absolute atomic E-state index is 0.120. The summed E-state index contributed by atoms with van der Waals surface area (Å²) in [5.41, 5.74) is 0. The number of carbonyl (C=O) groups is 3. The van der Waals surface area contributed by atoms with Gasteiger partial charge in [-0.25, -0.2) is 0 Å². The summed E-state index contributed by atoms with van der Waals surface area (Å²) in [5, 5.41) is 0. The Bertz CT molecular complexity index is 1280. The molecular formula is C54H86O6. The third kappa shape index (κ3) is 45.2. The van der Waals surface area contributed by atoms with E-state index >= 15 is 0 Å². The third-order valence-electron chi connectivity index (χ3n) is 9.57. The Kier molecular flexibility index (Phi) is 44.6. The van der Waals surface area contributed by atoms with E-state index in [9.17, 15) is 14.4 Å². The van der Waals surface area contributed by atoms with Crippen molar-refractivity contribution in [3.8, 4) is 0 Å². The lowest BCUT2D eigenvalue weighted by Crippen LogP contribution is -2.30. The molecule has 0 aromatic heterocycles. The molecule has 1 atom stereocenters. The molecule has 6 nitrogen and oxygen atoms in total. The maximum Gasteiger partial charge on any atom is 0.306 e. The van der Waals surface area contributed by atoms with Crippen LogP contribution in [0, 0.1) is 0 Å². The highest BCUT2D eigenvalue weighted by Crippen LogP contribution is 2.12. The molecule has 0 rings (SSSR count). The summed E-state index contributed by atoms with van der Waals surface area (Å²) in [6.45, 7) is 6.26. The first-order valence-electron chi connectivity index (χ1n) is 23.9. The summed E-state index contributed by atoms with van der Waals surface area (Å²) >= 11 is 0. The predicted octanol–water partition coefficient (Wildman–Crippen LogP) is 15.6. The number of hydrogen-bond donors (Lipinski definition) is 0. The van der Waals surface area contributed by atoms with E-state index in [4.69, 9.17) is 14.2 Å². The standard InChI is InChI=1S/C54H86O6/c1-4-7-10-13-16-19-22-25-26-27-30-32-35-38-41-44-47-53(56)59-50-51(60-54(57)48-45-42-39-36-33-29-24-21-18-15-12-9-6-3)49-58-52(55)46-43-40-37-34-31-28-23-20-17-14-11-8-5-2/h7,9-10,12,15-16,18-19,21,24-26,28,30-32,38,41,51H,4-6,8,11,13-14,17,20,22-23,27,29,33-37,39-40,42-50H2,1-3H3/b10-7-,12-9-,18-15-,19-16-,24-21-,26-25-,31-28-,32-30-,41-38-. The molecule has 0 aliphatic rings. The fourth-order valence-corrected chi connectivity index (χ4v) is 6.01. The van der Waals surface area contributed by atoms with E-state index in [-0.39, 0.29) is 44.0 Å². The second-order valence-electron chi connectivity index (χ2n) is 15.3. The van der Waals surface area contributed by atoms with E-state index in [1.807, 2.05) is 18.2 Å². The van der Waals surface area contributed by atoms with Gasteiger partial charge in [-0.1, -0.05) is 188 Å². The third-order valence-corrected chi connectivity index (χ3v) is 9.57. The predicted molar refractivity (Wildman–Crippen MR) is 256 cm³/mol. The lowest BCUT2D eigenvalue weighted by atomic mass is 10.1. The minimum atomic E-state index is -0.825. The van der Waals surface area contributed by atoms with Crippen LogP contribution in [0.25, 0.3) is 0 Å². The number of unbranched alkanes of at least 4 members (excludes halogenated alkanes) is 14. The van der Waals surface area contributed by atoms with Crippen molar-refractivity contribution in [1.82, 2.24) is 0 Å². The van der Waals surface area contributed by atoms with Gasteiger partial charge in [0.25, 0.3) is 0 Å². The van der Waals surface area contributed by atoms with E-state index in [0.717, 1.165) is 109 Å². The Morgan fingerprint density at radius 1 is 0.367 bits per heavy atom. The zero-order chi connectivity index (χ0) is 43.7. The normalized spacial score (nSPS) is 13.1. The number of ether oxygens (including phenoxy) is 3. The number of rotatable bonds is 41. The number of esters is 3. The van der Waals surface area contributed by atoms with Crippen LogP contribution >= 0.6 is 0 Å². The Balaban J connectivity index is 4.57.